The summed E-state index contributed by atoms with van der Waals surface area (Å²) in [6.45, 7) is 0.295. The Morgan fingerprint density at radius 2 is 1.83 bits per heavy atom. The number of amides is 2. The summed E-state index contributed by atoms with van der Waals surface area (Å²) in [4.78, 5) is 41.7. The molecule has 3 heterocycles. The van der Waals surface area contributed by atoms with Gasteiger partial charge in [0.05, 0.1) is 30.4 Å². The van der Waals surface area contributed by atoms with Gasteiger partial charge < -0.3 is 13.7 Å². The van der Waals surface area contributed by atoms with E-state index in [1.54, 1.807) is 36.4 Å². The molecule has 1 aliphatic rings. The van der Waals surface area contributed by atoms with Crippen LogP contribution in [-0.4, -0.2) is 46.0 Å². The molecule has 0 atom stereocenters. The molecule has 0 N–H and O–H groups in total. The van der Waals surface area contributed by atoms with Crippen LogP contribution < -0.4 is 0 Å². The average Bonchev–Trinajstić information content (AvgIpc) is 3.46. The Morgan fingerprint density at radius 3 is 2.52 bits per heavy atom. The third-order valence-corrected chi connectivity index (χ3v) is 4.42. The quantitative estimate of drug-likeness (QED) is 0.324. The highest BCUT2D eigenvalue weighted by molar-refractivity contribution is 6.21. The minimum atomic E-state index is -0.426. The Balaban J connectivity index is 1.18. The smallest absolute Gasteiger partial charge is 0.306 e. The number of aromatic nitrogens is 2. The number of aryl methyl sites for hydroxylation is 1. The molecule has 9 nitrogen and oxygen atoms in total. The standard InChI is InChI=1S/C20H17N3O6/c24-17(9-8-16-21-18(22-29-16)15-7-3-11-27-15)28-12-4-10-23-19(25)13-5-1-2-6-14(13)20(23)26/h1-3,5-7,11H,4,8-10,12H2. The van der Waals surface area contributed by atoms with E-state index in [0.29, 0.717) is 35.0 Å². The largest absolute Gasteiger partial charge is 0.466 e. The summed E-state index contributed by atoms with van der Waals surface area (Å²) in [5.41, 5.74) is 0.811. The summed E-state index contributed by atoms with van der Waals surface area (Å²) in [5, 5.41) is 3.79. The predicted octanol–water partition coefficient (Wildman–Crippen LogP) is 2.49. The van der Waals surface area contributed by atoms with Crippen LogP contribution in [0.15, 0.2) is 51.6 Å². The van der Waals surface area contributed by atoms with Crippen LogP contribution in [0.5, 0.6) is 0 Å². The third-order valence-electron chi connectivity index (χ3n) is 4.42. The van der Waals surface area contributed by atoms with E-state index in [2.05, 4.69) is 10.1 Å². The molecule has 0 spiro atoms. The van der Waals surface area contributed by atoms with Crippen molar-refractivity contribution in [2.75, 3.05) is 13.2 Å². The second-order valence-corrected chi connectivity index (χ2v) is 6.37. The average molecular weight is 395 g/mol. The maximum Gasteiger partial charge on any atom is 0.306 e. The van der Waals surface area contributed by atoms with Crippen molar-refractivity contribution in [1.29, 1.82) is 0 Å². The van der Waals surface area contributed by atoms with E-state index in [4.69, 9.17) is 13.7 Å². The van der Waals surface area contributed by atoms with Gasteiger partial charge >= 0.3 is 5.97 Å². The van der Waals surface area contributed by atoms with Crippen molar-refractivity contribution in [3.8, 4) is 11.6 Å². The second kappa shape index (κ2) is 8.09. The summed E-state index contributed by atoms with van der Waals surface area (Å²) >= 11 is 0. The lowest BCUT2D eigenvalue weighted by Crippen LogP contribution is -2.31. The van der Waals surface area contributed by atoms with Crippen LogP contribution in [0.1, 0.15) is 39.4 Å². The van der Waals surface area contributed by atoms with E-state index >= 15 is 0 Å². The van der Waals surface area contributed by atoms with Gasteiger partial charge in [0.1, 0.15) is 0 Å². The maximum absolute atomic E-state index is 12.2. The number of imide groups is 1. The fourth-order valence-electron chi connectivity index (χ4n) is 2.99. The number of rotatable bonds is 8. The molecular weight excluding hydrogens is 378 g/mol. The Kier molecular flexibility index (Phi) is 5.19. The second-order valence-electron chi connectivity index (χ2n) is 6.37. The molecule has 1 aromatic carbocycles. The molecule has 1 aliphatic heterocycles. The molecule has 0 unspecified atom stereocenters. The minimum Gasteiger partial charge on any atom is -0.466 e. The zero-order valence-electron chi connectivity index (χ0n) is 15.4. The molecule has 2 amide bonds. The highest BCUT2D eigenvalue weighted by atomic mass is 16.5. The maximum atomic E-state index is 12.2. The van der Waals surface area contributed by atoms with E-state index in [9.17, 15) is 14.4 Å². The van der Waals surface area contributed by atoms with Crippen molar-refractivity contribution < 1.29 is 28.1 Å². The van der Waals surface area contributed by atoms with Crippen molar-refractivity contribution in [2.24, 2.45) is 0 Å². The third kappa shape index (κ3) is 3.93. The number of esters is 1. The first-order chi connectivity index (χ1) is 14.1. The topological polar surface area (TPSA) is 116 Å². The highest BCUT2D eigenvalue weighted by Gasteiger charge is 2.34. The van der Waals surface area contributed by atoms with Gasteiger partial charge in [-0.1, -0.05) is 17.3 Å². The number of hydrogen-bond donors (Lipinski definition) is 0. The van der Waals surface area contributed by atoms with Crippen molar-refractivity contribution in [1.82, 2.24) is 15.0 Å². The Labute approximate surface area is 165 Å². The van der Waals surface area contributed by atoms with Gasteiger partial charge in [-0.15, -0.1) is 0 Å². The normalized spacial score (nSPS) is 13.0. The fourth-order valence-corrected chi connectivity index (χ4v) is 2.99. The number of carbonyl (C=O) groups is 3. The molecular formula is C20H17N3O6. The molecule has 0 aliphatic carbocycles. The molecule has 29 heavy (non-hydrogen) atoms. The van der Waals surface area contributed by atoms with Crippen molar-refractivity contribution in [2.45, 2.75) is 19.3 Å². The predicted molar refractivity (Wildman–Crippen MR) is 97.7 cm³/mol. The van der Waals surface area contributed by atoms with Gasteiger partial charge in [-0.25, -0.2) is 0 Å². The monoisotopic (exact) mass is 395 g/mol. The van der Waals surface area contributed by atoms with Gasteiger partial charge in [0.2, 0.25) is 11.7 Å². The number of nitrogens with zero attached hydrogens (tertiary/aromatic N) is 3. The van der Waals surface area contributed by atoms with E-state index in [0.717, 1.165) is 0 Å². The van der Waals surface area contributed by atoms with Gasteiger partial charge in [-0.3, -0.25) is 19.3 Å². The Bertz CT molecular complexity index is 1010. The van der Waals surface area contributed by atoms with Crippen LogP contribution >= 0.6 is 0 Å². The summed E-state index contributed by atoms with van der Waals surface area (Å²) in [5.74, 6) is 0.0425. The van der Waals surface area contributed by atoms with Gasteiger partial charge in [0.15, 0.2) is 5.76 Å². The Hall–Kier alpha value is -3.75. The van der Waals surface area contributed by atoms with Crippen LogP contribution in [0.25, 0.3) is 11.6 Å². The SMILES string of the molecule is O=C(CCc1nc(-c2ccco2)no1)OCCCN1C(=O)c2ccccc2C1=O. The van der Waals surface area contributed by atoms with Gasteiger partial charge in [-0.05, 0) is 30.7 Å². The van der Waals surface area contributed by atoms with Crippen molar-refractivity contribution >= 4 is 17.8 Å². The van der Waals surface area contributed by atoms with Crippen molar-refractivity contribution in [3.05, 3.63) is 59.7 Å². The minimum absolute atomic E-state index is 0.0762. The number of ether oxygens (including phenoxy) is 1. The highest BCUT2D eigenvalue weighted by Crippen LogP contribution is 2.22. The number of carbonyl (C=O) groups excluding carboxylic acids is 3. The fraction of sp³-hybridized carbons (Fsp3) is 0.250. The zero-order valence-corrected chi connectivity index (χ0v) is 15.4. The van der Waals surface area contributed by atoms with Crippen molar-refractivity contribution in [3.63, 3.8) is 0 Å². The first-order valence-electron chi connectivity index (χ1n) is 9.11. The molecule has 148 valence electrons. The van der Waals surface area contributed by atoms with Crippen LogP contribution in [0.2, 0.25) is 0 Å². The van der Waals surface area contributed by atoms with Gasteiger partial charge in [0, 0.05) is 13.0 Å². The molecule has 0 bridgehead atoms. The lowest BCUT2D eigenvalue weighted by Gasteiger charge is -2.13. The van der Waals surface area contributed by atoms with Crippen LogP contribution in [0, 0.1) is 0 Å². The number of furan rings is 1. The molecule has 9 heteroatoms. The molecule has 0 radical (unpaired) electrons. The summed E-state index contributed by atoms with van der Waals surface area (Å²) in [6.07, 6.45) is 2.18. The molecule has 0 saturated heterocycles. The van der Waals surface area contributed by atoms with E-state index < -0.39 is 5.97 Å². The molecule has 0 saturated carbocycles. The first kappa shape index (κ1) is 18.6. The number of benzene rings is 1. The van der Waals surface area contributed by atoms with Crippen LogP contribution in [0.3, 0.4) is 0 Å². The first-order valence-corrected chi connectivity index (χ1v) is 9.11. The molecule has 0 fully saturated rings. The molecule has 3 aromatic rings. The van der Waals surface area contributed by atoms with E-state index in [1.807, 2.05) is 0 Å². The number of hydrogen-bond acceptors (Lipinski definition) is 8. The summed E-state index contributed by atoms with van der Waals surface area (Å²) in [7, 11) is 0. The number of fused-ring (bicyclic) bond motifs is 1. The zero-order chi connectivity index (χ0) is 20.2. The van der Waals surface area contributed by atoms with E-state index in [-0.39, 0.29) is 37.8 Å². The molecule has 4 rings (SSSR count). The lowest BCUT2D eigenvalue weighted by molar-refractivity contribution is -0.143. The summed E-state index contributed by atoms with van der Waals surface area (Å²) in [6, 6.07) is 10.1. The molecule has 2 aromatic heterocycles. The summed E-state index contributed by atoms with van der Waals surface area (Å²) < 4.78 is 15.4. The van der Waals surface area contributed by atoms with Crippen LogP contribution in [-0.2, 0) is 16.0 Å². The van der Waals surface area contributed by atoms with Gasteiger partial charge in [0.25, 0.3) is 11.8 Å². The van der Waals surface area contributed by atoms with E-state index in [1.165, 1.54) is 11.2 Å². The Morgan fingerprint density at radius 1 is 1.07 bits per heavy atom. The lowest BCUT2D eigenvalue weighted by atomic mass is 10.1. The van der Waals surface area contributed by atoms with Crippen LogP contribution in [0.4, 0.5) is 0 Å². The van der Waals surface area contributed by atoms with Gasteiger partial charge in [-0.2, -0.15) is 4.98 Å².